The van der Waals surface area contributed by atoms with Crippen molar-refractivity contribution in [1.29, 1.82) is 0 Å². The second-order valence-electron chi connectivity index (χ2n) is 18.2. The van der Waals surface area contributed by atoms with Gasteiger partial charge in [0.2, 0.25) is 0 Å². The number of hydrogen-bond acceptors (Lipinski definition) is 8. The van der Waals surface area contributed by atoms with Crippen molar-refractivity contribution in [3.05, 3.63) is 0 Å². The van der Waals surface area contributed by atoms with Gasteiger partial charge in [-0.25, -0.2) is 0 Å². The van der Waals surface area contributed by atoms with Crippen LogP contribution in [0, 0.1) is 0 Å². The Labute approximate surface area is 394 Å². The van der Waals surface area contributed by atoms with Gasteiger partial charge in [0, 0.05) is 61.2 Å². The van der Waals surface area contributed by atoms with Gasteiger partial charge in [-0.05, 0) is 83.8 Å². The molecule has 1 rings (SSSR count). The maximum Gasteiger partial charge on any atom is 0.119 e. The molecule has 3 unspecified atom stereocenters. The van der Waals surface area contributed by atoms with Crippen molar-refractivity contribution in [2.45, 2.75) is 276 Å². The van der Waals surface area contributed by atoms with Crippen LogP contribution >= 0.6 is 11.9 Å². The molecule has 9 heteroatoms. The zero-order valence-electron chi connectivity index (χ0n) is 42.4. The first-order chi connectivity index (χ1) is 30.4. The van der Waals surface area contributed by atoms with Gasteiger partial charge in [-0.15, -0.1) is 0 Å². The molecule has 0 radical (unpaired) electrons. The van der Waals surface area contributed by atoms with E-state index in [1.807, 2.05) is 14.2 Å². The monoisotopic (exact) mass is 917 g/mol. The van der Waals surface area contributed by atoms with Crippen LogP contribution < -0.4 is 4.72 Å². The average molecular weight is 918 g/mol. The van der Waals surface area contributed by atoms with Crippen LogP contribution in [0.5, 0.6) is 0 Å². The molecule has 0 aromatic heterocycles. The third-order valence-electron chi connectivity index (χ3n) is 12.4. The molecule has 1 fully saturated rings. The van der Waals surface area contributed by atoms with Gasteiger partial charge < -0.3 is 24.0 Å². The van der Waals surface area contributed by atoms with Crippen LogP contribution in [0.25, 0.3) is 0 Å². The maximum absolute atomic E-state index is 11.5. The minimum Gasteiger partial charge on any atom is -0.381 e. The Morgan fingerprint density at radius 2 is 0.935 bits per heavy atom. The lowest BCUT2D eigenvalue weighted by molar-refractivity contribution is -0.108. The van der Waals surface area contributed by atoms with Gasteiger partial charge in [0.15, 0.2) is 0 Å². The number of aldehydes is 2. The fourth-order valence-electron chi connectivity index (χ4n) is 8.13. The Kier molecular flexibility index (Phi) is 56.6. The van der Waals surface area contributed by atoms with Gasteiger partial charge in [-0.3, -0.25) is 8.93 Å². The summed E-state index contributed by atoms with van der Waals surface area (Å²) in [6.45, 7) is 13.5. The number of carbonyl (C=O) groups excluding carboxylic acids is 2. The Balaban J connectivity index is 0. The Morgan fingerprint density at radius 3 is 1.32 bits per heavy atom. The number of unbranched alkanes of at least 4 members (excludes halogenated alkanes) is 25. The van der Waals surface area contributed by atoms with Gasteiger partial charge in [0.05, 0.1) is 12.2 Å². The molecule has 1 heterocycles. The van der Waals surface area contributed by atoms with Gasteiger partial charge >= 0.3 is 0 Å². The topological polar surface area (TPSA) is 84.9 Å². The zero-order valence-corrected chi connectivity index (χ0v) is 44.0. The van der Waals surface area contributed by atoms with Crippen LogP contribution in [0.1, 0.15) is 259 Å². The van der Waals surface area contributed by atoms with E-state index in [1.54, 1.807) is 11.9 Å². The molecule has 62 heavy (non-hydrogen) atoms. The standard InChI is InChI=1S/C23H44N2O3S2.C18H38O.C12H26O/c26-19-11-7-3-1-5-9-16-25(17-10-6-2-4-8-12-20-27)18-13-15-24-29-23-14-21-30(28)22-23;1-4-6-8-10-12-14-16-18(19-3)17-15-13-11-9-7-5-2;1-4-6-7-8-9-10-11-12(5-2)13-3/h19-20,23-24H,1-18,21-22H2;18H,4-17H2,1-3H3;12H,4-11H2,1-3H3. The van der Waals surface area contributed by atoms with E-state index < -0.39 is 10.8 Å². The molecule has 0 spiro atoms. The lowest BCUT2D eigenvalue weighted by atomic mass is 10.0. The first-order valence-corrected chi connectivity index (χ1v) is 29.2. The van der Waals surface area contributed by atoms with E-state index >= 15 is 0 Å². The highest BCUT2D eigenvalue weighted by Crippen LogP contribution is 2.20. The van der Waals surface area contributed by atoms with E-state index in [1.165, 1.54) is 199 Å². The number of rotatable bonds is 46. The van der Waals surface area contributed by atoms with Crippen LogP contribution in [0.3, 0.4) is 0 Å². The largest absolute Gasteiger partial charge is 0.381 e. The van der Waals surface area contributed by atoms with E-state index in [0.29, 0.717) is 30.3 Å². The van der Waals surface area contributed by atoms with Gasteiger partial charge in [-0.1, -0.05) is 194 Å². The molecule has 7 nitrogen and oxygen atoms in total. The van der Waals surface area contributed by atoms with E-state index in [0.717, 1.165) is 69.3 Å². The quantitative estimate of drug-likeness (QED) is 0.0367. The fraction of sp³-hybridized carbons (Fsp3) is 0.962. The summed E-state index contributed by atoms with van der Waals surface area (Å²) in [5, 5.41) is 0.528. The predicted octanol–water partition coefficient (Wildman–Crippen LogP) is 15.2. The summed E-state index contributed by atoms with van der Waals surface area (Å²) in [7, 11) is 3.13. The number of methoxy groups -OCH3 is 2. The minimum atomic E-state index is -0.587. The first-order valence-electron chi connectivity index (χ1n) is 26.8. The molecular formula is C53H108N2O5S2. The molecule has 1 N–H and O–H groups in total. The highest BCUT2D eigenvalue weighted by molar-refractivity contribution is 7.99. The van der Waals surface area contributed by atoms with E-state index in [-0.39, 0.29) is 0 Å². The SMILES string of the molecule is CCCCCCCCC(CC)OC.CCCCCCCCC(CCCCCCCC)OC.O=CCCCCCCCN(CCCCCCCC=O)CCCNSC1CCS(=O)C1. The molecule has 1 aliphatic heterocycles. The summed E-state index contributed by atoms with van der Waals surface area (Å²) in [6.07, 6.45) is 48.6. The normalized spacial score (nSPS) is 15.4. The summed E-state index contributed by atoms with van der Waals surface area (Å²) >= 11 is 1.79. The summed E-state index contributed by atoms with van der Waals surface area (Å²) in [5.41, 5.74) is 0. The summed E-state index contributed by atoms with van der Waals surface area (Å²) in [5.74, 6) is 1.72. The fourth-order valence-corrected chi connectivity index (χ4v) is 11.0. The van der Waals surface area contributed by atoms with Crippen molar-refractivity contribution < 1.29 is 23.3 Å². The Hall–Kier alpha value is -0.320. The van der Waals surface area contributed by atoms with Crippen molar-refractivity contribution >= 4 is 35.3 Å². The van der Waals surface area contributed by atoms with Gasteiger partial charge in [0.25, 0.3) is 0 Å². The summed E-state index contributed by atoms with van der Waals surface area (Å²) < 4.78 is 25.9. The Morgan fingerprint density at radius 1 is 0.548 bits per heavy atom. The van der Waals surface area contributed by atoms with E-state index in [2.05, 4.69) is 37.3 Å². The Bertz CT molecular complexity index is 858. The third kappa shape index (κ3) is 49.1. The molecular weight excluding hydrogens is 809 g/mol. The van der Waals surface area contributed by atoms with Crippen LogP contribution in [0.15, 0.2) is 0 Å². The molecule has 372 valence electrons. The highest BCUT2D eigenvalue weighted by Gasteiger charge is 2.21. The molecule has 0 bridgehead atoms. The molecule has 0 amide bonds. The third-order valence-corrected chi connectivity index (χ3v) is 15.2. The van der Waals surface area contributed by atoms with E-state index in [4.69, 9.17) is 9.47 Å². The van der Waals surface area contributed by atoms with Gasteiger partial charge in [0.1, 0.15) is 12.6 Å². The van der Waals surface area contributed by atoms with Crippen LogP contribution in [-0.4, -0.2) is 91.0 Å². The second-order valence-corrected chi connectivity index (χ2v) is 21.0. The average Bonchev–Trinajstić information content (AvgIpc) is 3.71. The molecule has 0 aromatic rings. The van der Waals surface area contributed by atoms with Crippen molar-refractivity contribution in [3.63, 3.8) is 0 Å². The van der Waals surface area contributed by atoms with Crippen LogP contribution in [0.4, 0.5) is 0 Å². The minimum absolute atomic E-state index is 0.506. The zero-order chi connectivity index (χ0) is 45.8. The molecule has 0 aliphatic carbocycles. The second kappa shape index (κ2) is 55.0. The first kappa shape index (κ1) is 63.8. The highest BCUT2D eigenvalue weighted by atomic mass is 32.2. The number of ether oxygens (including phenoxy) is 2. The molecule has 1 aliphatic rings. The maximum atomic E-state index is 11.5. The number of nitrogens with one attached hydrogen (secondary N) is 1. The molecule has 0 aromatic carbocycles. The van der Waals surface area contributed by atoms with Crippen molar-refractivity contribution in [2.24, 2.45) is 0 Å². The van der Waals surface area contributed by atoms with Crippen molar-refractivity contribution in [3.8, 4) is 0 Å². The van der Waals surface area contributed by atoms with Crippen LogP contribution in [-0.2, 0) is 29.9 Å². The predicted molar refractivity (Wildman–Crippen MR) is 276 cm³/mol. The van der Waals surface area contributed by atoms with Crippen molar-refractivity contribution in [1.82, 2.24) is 9.62 Å². The van der Waals surface area contributed by atoms with Crippen LogP contribution in [0.2, 0.25) is 0 Å². The molecule has 0 saturated carbocycles. The van der Waals surface area contributed by atoms with E-state index in [9.17, 15) is 13.8 Å². The number of hydrogen-bond donors (Lipinski definition) is 1. The molecule has 1 saturated heterocycles. The van der Waals surface area contributed by atoms with Crippen molar-refractivity contribution in [2.75, 3.05) is 51.9 Å². The summed E-state index contributed by atoms with van der Waals surface area (Å²) in [4.78, 5) is 23.4. The molecule has 3 atom stereocenters. The van der Waals surface area contributed by atoms with Gasteiger partial charge in [-0.2, -0.15) is 0 Å². The lowest BCUT2D eigenvalue weighted by Gasteiger charge is -2.22. The lowest BCUT2D eigenvalue weighted by Crippen LogP contribution is -2.29. The number of nitrogens with zero attached hydrogens (tertiary/aromatic N) is 1. The number of carbonyl (C=O) groups is 2. The summed E-state index contributed by atoms with van der Waals surface area (Å²) in [6, 6.07) is 0. The smallest absolute Gasteiger partial charge is 0.119 e.